The van der Waals surface area contributed by atoms with E-state index in [4.69, 9.17) is 4.74 Å². The van der Waals surface area contributed by atoms with Crippen LogP contribution in [0.5, 0.6) is 5.75 Å². The molecular formula is C14H20O2. The lowest BCUT2D eigenvalue weighted by molar-refractivity contribution is 0.168. The molecule has 1 N–H and O–H groups in total. The van der Waals surface area contributed by atoms with Gasteiger partial charge in [-0.15, -0.1) is 0 Å². The zero-order valence-corrected chi connectivity index (χ0v) is 10.1. The maximum Gasteiger partial charge on any atom is 0.124 e. The third-order valence-electron chi connectivity index (χ3n) is 3.48. The smallest absolute Gasteiger partial charge is 0.124 e. The Morgan fingerprint density at radius 3 is 2.75 bits per heavy atom. The van der Waals surface area contributed by atoms with Gasteiger partial charge in [-0.3, -0.25) is 0 Å². The number of benzene rings is 1. The number of hydrogen-bond acceptors (Lipinski definition) is 2. The summed E-state index contributed by atoms with van der Waals surface area (Å²) in [5.41, 5.74) is 3.76. The van der Waals surface area contributed by atoms with E-state index < -0.39 is 0 Å². The lowest BCUT2D eigenvalue weighted by atomic mass is 9.85. The number of hydrogen-bond donors (Lipinski definition) is 1. The highest BCUT2D eigenvalue weighted by molar-refractivity contribution is 5.47. The topological polar surface area (TPSA) is 29.5 Å². The van der Waals surface area contributed by atoms with Crippen molar-refractivity contribution in [2.24, 2.45) is 0 Å². The van der Waals surface area contributed by atoms with Crippen LogP contribution in [-0.4, -0.2) is 12.2 Å². The number of aryl methyl sites for hydroxylation is 1. The second kappa shape index (κ2) is 4.88. The van der Waals surface area contributed by atoms with Crippen molar-refractivity contribution in [3.63, 3.8) is 0 Å². The minimum atomic E-state index is -0.386. The van der Waals surface area contributed by atoms with E-state index >= 15 is 0 Å². The summed E-state index contributed by atoms with van der Waals surface area (Å²) in [5, 5.41) is 10.1. The molecule has 1 unspecified atom stereocenters. The van der Waals surface area contributed by atoms with Crippen molar-refractivity contribution in [2.45, 2.75) is 45.1 Å². The minimum absolute atomic E-state index is 0.386. The average molecular weight is 220 g/mol. The summed E-state index contributed by atoms with van der Waals surface area (Å²) in [4.78, 5) is 0. The largest absolute Gasteiger partial charge is 0.496 e. The molecule has 0 spiro atoms. The summed E-state index contributed by atoms with van der Waals surface area (Å²) in [6.07, 6.45) is 5.07. The van der Waals surface area contributed by atoms with E-state index in [1.54, 1.807) is 7.11 Å². The van der Waals surface area contributed by atoms with Gasteiger partial charge in [0.05, 0.1) is 13.2 Å². The first-order chi connectivity index (χ1) is 7.77. The Bertz CT molecular complexity index is 371. The predicted octanol–water partition coefficient (Wildman–Crippen LogP) is 3.02. The summed E-state index contributed by atoms with van der Waals surface area (Å²) < 4.78 is 5.37. The van der Waals surface area contributed by atoms with Crippen LogP contribution in [0, 0.1) is 0 Å². The Morgan fingerprint density at radius 2 is 2.06 bits per heavy atom. The molecule has 0 bridgehead atoms. The molecule has 1 aliphatic carbocycles. The number of methoxy groups -OCH3 is 1. The van der Waals surface area contributed by atoms with Crippen molar-refractivity contribution >= 4 is 0 Å². The van der Waals surface area contributed by atoms with Crippen molar-refractivity contribution in [2.75, 3.05) is 7.11 Å². The molecule has 0 radical (unpaired) electrons. The van der Waals surface area contributed by atoms with E-state index in [0.29, 0.717) is 0 Å². The minimum Gasteiger partial charge on any atom is -0.496 e. The zero-order valence-electron chi connectivity index (χ0n) is 10.1. The molecule has 0 amide bonds. The van der Waals surface area contributed by atoms with Crippen LogP contribution >= 0.6 is 0 Å². The molecule has 0 aliphatic heterocycles. The van der Waals surface area contributed by atoms with Gasteiger partial charge >= 0.3 is 0 Å². The number of aliphatic hydroxyl groups is 1. The van der Waals surface area contributed by atoms with Gasteiger partial charge in [0.2, 0.25) is 0 Å². The van der Waals surface area contributed by atoms with Crippen molar-refractivity contribution < 1.29 is 9.84 Å². The van der Waals surface area contributed by atoms with E-state index in [1.165, 1.54) is 24.0 Å². The van der Waals surface area contributed by atoms with Crippen LogP contribution < -0.4 is 4.74 Å². The number of fused-ring (bicyclic) bond motifs is 1. The van der Waals surface area contributed by atoms with Gasteiger partial charge in [-0.2, -0.15) is 0 Å². The summed E-state index contributed by atoms with van der Waals surface area (Å²) >= 11 is 0. The molecule has 0 heterocycles. The SMILES string of the molecule is CCC(O)c1c(OC)ccc2c1CCCC2. The zero-order chi connectivity index (χ0) is 11.5. The summed E-state index contributed by atoms with van der Waals surface area (Å²) in [7, 11) is 1.68. The van der Waals surface area contributed by atoms with Crippen molar-refractivity contribution in [1.82, 2.24) is 0 Å². The first-order valence-electron chi connectivity index (χ1n) is 6.14. The van der Waals surface area contributed by atoms with Crippen LogP contribution in [0.25, 0.3) is 0 Å². The number of rotatable bonds is 3. The van der Waals surface area contributed by atoms with Crippen molar-refractivity contribution in [3.8, 4) is 5.75 Å². The first-order valence-corrected chi connectivity index (χ1v) is 6.14. The lowest BCUT2D eigenvalue weighted by Crippen LogP contribution is -2.11. The van der Waals surface area contributed by atoms with Gasteiger partial charge in [0.15, 0.2) is 0 Å². The fourth-order valence-corrected chi connectivity index (χ4v) is 2.58. The van der Waals surface area contributed by atoms with E-state index in [2.05, 4.69) is 6.07 Å². The standard InChI is InChI=1S/C14H20O2/c1-3-12(15)14-11-7-5-4-6-10(11)8-9-13(14)16-2/h8-9,12,15H,3-7H2,1-2H3. The van der Waals surface area contributed by atoms with Gasteiger partial charge in [-0.1, -0.05) is 13.0 Å². The van der Waals surface area contributed by atoms with Gasteiger partial charge in [0, 0.05) is 5.56 Å². The van der Waals surface area contributed by atoms with E-state index in [-0.39, 0.29) is 6.10 Å². The molecule has 1 atom stereocenters. The Balaban J connectivity index is 2.51. The average Bonchev–Trinajstić information content (AvgIpc) is 2.36. The summed E-state index contributed by atoms with van der Waals surface area (Å²) in [5.74, 6) is 0.843. The molecule has 0 aromatic heterocycles. The number of ether oxygens (including phenoxy) is 1. The normalized spacial score (nSPS) is 16.7. The van der Waals surface area contributed by atoms with Gasteiger partial charge in [0.25, 0.3) is 0 Å². The number of aliphatic hydroxyl groups excluding tert-OH is 1. The fourth-order valence-electron chi connectivity index (χ4n) is 2.58. The Hall–Kier alpha value is -1.02. The third-order valence-corrected chi connectivity index (χ3v) is 3.48. The van der Waals surface area contributed by atoms with Crippen LogP contribution in [0.1, 0.15) is 49.0 Å². The maximum atomic E-state index is 10.1. The van der Waals surface area contributed by atoms with E-state index in [9.17, 15) is 5.11 Å². The molecule has 2 rings (SSSR count). The second-order valence-corrected chi connectivity index (χ2v) is 4.45. The Labute approximate surface area is 97.3 Å². The van der Waals surface area contributed by atoms with Crippen LogP contribution in [0.2, 0.25) is 0 Å². The summed E-state index contributed by atoms with van der Waals surface area (Å²) in [6, 6.07) is 4.15. The maximum absolute atomic E-state index is 10.1. The molecule has 0 saturated heterocycles. The fraction of sp³-hybridized carbons (Fsp3) is 0.571. The van der Waals surface area contributed by atoms with E-state index in [1.807, 2.05) is 13.0 Å². The highest BCUT2D eigenvalue weighted by Gasteiger charge is 2.21. The molecule has 0 fully saturated rings. The highest BCUT2D eigenvalue weighted by Crippen LogP contribution is 2.36. The molecule has 2 nitrogen and oxygen atoms in total. The Morgan fingerprint density at radius 1 is 1.31 bits per heavy atom. The molecule has 88 valence electrons. The van der Waals surface area contributed by atoms with Gasteiger partial charge in [0.1, 0.15) is 5.75 Å². The van der Waals surface area contributed by atoms with Crippen LogP contribution in [0.3, 0.4) is 0 Å². The van der Waals surface area contributed by atoms with Crippen LogP contribution in [0.4, 0.5) is 0 Å². The summed E-state index contributed by atoms with van der Waals surface area (Å²) in [6.45, 7) is 2.01. The first kappa shape index (κ1) is 11.5. The molecule has 0 saturated carbocycles. The van der Waals surface area contributed by atoms with Crippen LogP contribution in [0.15, 0.2) is 12.1 Å². The lowest BCUT2D eigenvalue weighted by Gasteiger charge is -2.24. The van der Waals surface area contributed by atoms with E-state index in [0.717, 1.165) is 30.6 Å². The molecule has 1 aliphatic rings. The molecule has 2 heteroatoms. The molecular weight excluding hydrogens is 200 g/mol. The monoisotopic (exact) mass is 220 g/mol. The second-order valence-electron chi connectivity index (χ2n) is 4.45. The van der Waals surface area contributed by atoms with Crippen molar-refractivity contribution in [1.29, 1.82) is 0 Å². The quantitative estimate of drug-likeness (QED) is 0.848. The van der Waals surface area contributed by atoms with Gasteiger partial charge in [-0.25, -0.2) is 0 Å². The highest BCUT2D eigenvalue weighted by atomic mass is 16.5. The predicted molar refractivity (Wildman–Crippen MR) is 64.9 cm³/mol. The molecule has 16 heavy (non-hydrogen) atoms. The van der Waals surface area contributed by atoms with Crippen LogP contribution in [-0.2, 0) is 12.8 Å². The third kappa shape index (κ3) is 1.94. The molecule has 1 aromatic carbocycles. The molecule has 1 aromatic rings. The Kier molecular flexibility index (Phi) is 3.49. The van der Waals surface area contributed by atoms with Gasteiger partial charge in [-0.05, 0) is 49.3 Å². The van der Waals surface area contributed by atoms with Crippen molar-refractivity contribution in [3.05, 3.63) is 28.8 Å². The van der Waals surface area contributed by atoms with Gasteiger partial charge < -0.3 is 9.84 Å².